The van der Waals surface area contributed by atoms with E-state index in [2.05, 4.69) is 21.9 Å². The molecule has 3 aliphatic rings. The second-order valence-corrected chi connectivity index (χ2v) is 9.09. The molecule has 1 aromatic carbocycles. The number of nitrogens with zero attached hydrogens (tertiary/aromatic N) is 3. The topological polar surface area (TPSA) is 65.1 Å². The lowest BCUT2D eigenvalue weighted by Crippen LogP contribution is -2.73. The van der Waals surface area contributed by atoms with Crippen molar-refractivity contribution in [2.75, 3.05) is 26.7 Å². The number of likely N-dealkylation sites (N-methyl/N-ethyl adjacent to an activating group) is 1. The number of piperidine rings is 2. The van der Waals surface area contributed by atoms with Crippen LogP contribution in [0.4, 0.5) is 13.2 Å². The third-order valence-corrected chi connectivity index (χ3v) is 6.73. The van der Waals surface area contributed by atoms with Gasteiger partial charge < -0.3 is 14.5 Å². The van der Waals surface area contributed by atoms with Crippen molar-refractivity contribution >= 4 is 11.8 Å². The van der Waals surface area contributed by atoms with Crippen LogP contribution < -0.4 is 10.1 Å². The molecule has 7 nitrogen and oxygen atoms in total. The van der Waals surface area contributed by atoms with Crippen LogP contribution in [0.1, 0.15) is 31.7 Å². The van der Waals surface area contributed by atoms with Crippen LogP contribution in [-0.2, 0) is 16.1 Å². The molecule has 3 fully saturated rings. The van der Waals surface area contributed by atoms with Gasteiger partial charge in [0, 0.05) is 32.7 Å². The van der Waals surface area contributed by atoms with E-state index in [9.17, 15) is 22.8 Å². The number of piperazine rings is 1. The Hall–Kier alpha value is -2.33. The molecule has 1 N–H and O–H groups in total. The van der Waals surface area contributed by atoms with Gasteiger partial charge in [-0.15, -0.1) is 13.2 Å². The van der Waals surface area contributed by atoms with Gasteiger partial charge in [-0.05, 0) is 49.4 Å². The zero-order chi connectivity index (χ0) is 23.0. The van der Waals surface area contributed by atoms with Crippen molar-refractivity contribution in [1.82, 2.24) is 20.0 Å². The van der Waals surface area contributed by atoms with Gasteiger partial charge in [-0.25, -0.2) is 0 Å². The van der Waals surface area contributed by atoms with E-state index in [0.717, 1.165) is 44.5 Å². The normalized spacial score (nSPS) is 28.1. The molecule has 4 rings (SSSR count). The van der Waals surface area contributed by atoms with E-state index < -0.39 is 18.2 Å². The van der Waals surface area contributed by atoms with Gasteiger partial charge in [-0.3, -0.25) is 19.8 Å². The molecule has 3 heterocycles. The average molecular weight is 454 g/mol. The van der Waals surface area contributed by atoms with Crippen LogP contribution in [0.2, 0.25) is 0 Å². The highest BCUT2D eigenvalue weighted by molar-refractivity contribution is 6.35. The number of carbonyl (C=O) groups excluding carboxylic acids is 2. The largest absolute Gasteiger partial charge is 0.573 e. The van der Waals surface area contributed by atoms with Crippen LogP contribution in [0.5, 0.6) is 5.75 Å². The van der Waals surface area contributed by atoms with Gasteiger partial charge in [0.1, 0.15) is 11.9 Å². The minimum atomic E-state index is -4.70. The zero-order valence-corrected chi connectivity index (χ0v) is 18.3. The molecular weight excluding hydrogens is 425 g/mol. The highest BCUT2D eigenvalue weighted by Gasteiger charge is 2.49. The summed E-state index contributed by atoms with van der Waals surface area (Å²) < 4.78 is 40.9. The van der Waals surface area contributed by atoms with E-state index in [1.807, 2.05) is 0 Å². The maximum atomic E-state index is 12.9. The van der Waals surface area contributed by atoms with Gasteiger partial charge in [-0.2, -0.15) is 0 Å². The van der Waals surface area contributed by atoms with Crippen molar-refractivity contribution in [3.63, 3.8) is 0 Å². The quantitative estimate of drug-likeness (QED) is 0.707. The molecule has 0 bridgehead atoms. The van der Waals surface area contributed by atoms with Crippen LogP contribution in [0.15, 0.2) is 24.3 Å². The number of halogens is 3. The van der Waals surface area contributed by atoms with Gasteiger partial charge >= 0.3 is 18.2 Å². The summed E-state index contributed by atoms with van der Waals surface area (Å²) in [5, 5.41) is 3.48. The number of fused-ring (bicyclic) bond motifs is 1. The second kappa shape index (κ2) is 8.90. The monoisotopic (exact) mass is 454 g/mol. The molecule has 32 heavy (non-hydrogen) atoms. The number of alkyl halides is 3. The number of hydrogen-bond donors (Lipinski definition) is 1. The molecule has 176 valence electrons. The number of nitrogens with one attached hydrogen (secondary N) is 1. The minimum Gasteiger partial charge on any atom is -0.406 e. The predicted molar refractivity (Wildman–Crippen MR) is 110 cm³/mol. The Labute approximate surface area is 185 Å². The Balaban J connectivity index is 1.36. The first-order chi connectivity index (χ1) is 15.1. The summed E-state index contributed by atoms with van der Waals surface area (Å²) in [6.07, 6.45) is -2.48. The Kier molecular flexibility index (Phi) is 6.35. The van der Waals surface area contributed by atoms with Crippen LogP contribution in [0.3, 0.4) is 0 Å². The maximum Gasteiger partial charge on any atom is 0.573 e. The molecule has 0 radical (unpaired) electrons. The molecule has 1 aromatic rings. The van der Waals surface area contributed by atoms with Gasteiger partial charge in [0.05, 0.1) is 6.04 Å². The number of likely N-dealkylation sites (tertiary alicyclic amines) is 1. The Bertz CT molecular complexity index is 840. The first-order valence-corrected chi connectivity index (χ1v) is 11.0. The zero-order valence-electron chi connectivity index (χ0n) is 18.3. The third-order valence-electron chi connectivity index (χ3n) is 6.73. The van der Waals surface area contributed by atoms with Crippen LogP contribution >= 0.6 is 0 Å². The fourth-order valence-electron chi connectivity index (χ4n) is 5.08. The van der Waals surface area contributed by atoms with Crippen molar-refractivity contribution in [1.29, 1.82) is 0 Å². The van der Waals surface area contributed by atoms with Crippen molar-refractivity contribution in [2.24, 2.45) is 5.92 Å². The van der Waals surface area contributed by atoms with Crippen molar-refractivity contribution in [3.05, 3.63) is 29.8 Å². The summed E-state index contributed by atoms with van der Waals surface area (Å²) in [6, 6.07) is 5.88. The van der Waals surface area contributed by atoms with E-state index in [4.69, 9.17) is 0 Å². The molecule has 0 spiro atoms. The first kappa shape index (κ1) is 22.8. The fourth-order valence-corrected chi connectivity index (χ4v) is 5.08. The summed E-state index contributed by atoms with van der Waals surface area (Å²) in [6.45, 7) is 5.05. The van der Waals surface area contributed by atoms with Gasteiger partial charge in [0.15, 0.2) is 0 Å². The van der Waals surface area contributed by atoms with Crippen molar-refractivity contribution in [3.8, 4) is 5.75 Å². The summed E-state index contributed by atoms with van der Waals surface area (Å²) >= 11 is 0. The van der Waals surface area contributed by atoms with Crippen LogP contribution in [0, 0.1) is 5.92 Å². The van der Waals surface area contributed by atoms with Gasteiger partial charge in [0.2, 0.25) is 0 Å². The lowest BCUT2D eigenvalue weighted by molar-refractivity contribution is -0.274. The maximum absolute atomic E-state index is 12.9. The molecule has 2 amide bonds. The Morgan fingerprint density at radius 2 is 1.75 bits per heavy atom. The lowest BCUT2D eigenvalue weighted by atomic mass is 9.89. The van der Waals surface area contributed by atoms with Gasteiger partial charge in [-0.1, -0.05) is 19.1 Å². The number of rotatable bonds is 4. The number of amides is 2. The number of hydrogen-bond acceptors (Lipinski definition) is 5. The Morgan fingerprint density at radius 3 is 2.38 bits per heavy atom. The van der Waals surface area contributed by atoms with Crippen LogP contribution in [0.25, 0.3) is 0 Å². The number of carbonyl (C=O) groups is 2. The van der Waals surface area contributed by atoms with Crippen molar-refractivity contribution < 1.29 is 27.5 Å². The number of ether oxygens (including phenoxy) is 1. The molecule has 0 aromatic heterocycles. The highest BCUT2D eigenvalue weighted by atomic mass is 19.4. The molecule has 0 aliphatic carbocycles. The van der Waals surface area contributed by atoms with E-state index in [0.29, 0.717) is 12.5 Å². The van der Waals surface area contributed by atoms with Crippen LogP contribution in [-0.4, -0.2) is 77.8 Å². The highest BCUT2D eigenvalue weighted by Crippen LogP contribution is 2.31. The summed E-state index contributed by atoms with van der Waals surface area (Å²) in [4.78, 5) is 31.0. The Morgan fingerprint density at radius 1 is 1.09 bits per heavy atom. The fraction of sp³-hybridized carbons (Fsp3) is 0.636. The second-order valence-electron chi connectivity index (χ2n) is 9.09. The molecule has 3 saturated heterocycles. The van der Waals surface area contributed by atoms with Gasteiger partial charge in [0.25, 0.3) is 0 Å². The first-order valence-electron chi connectivity index (χ1n) is 11.0. The minimum absolute atomic E-state index is 0.00707. The predicted octanol–water partition coefficient (Wildman–Crippen LogP) is 2.17. The van der Waals surface area contributed by atoms with E-state index in [-0.39, 0.29) is 24.0 Å². The molecule has 3 atom stereocenters. The van der Waals surface area contributed by atoms with E-state index in [1.165, 1.54) is 12.1 Å². The molecule has 10 heteroatoms. The SMILES string of the molecule is CC1CNC2C(C1)N(C)C(=O)C(=O)N2C1CCN(Cc2ccc(OC(F)(F)F)cc2)CC1. The smallest absolute Gasteiger partial charge is 0.406 e. The molecule has 3 unspecified atom stereocenters. The van der Waals surface area contributed by atoms with E-state index in [1.54, 1.807) is 29.0 Å². The van der Waals surface area contributed by atoms with Crippen molar-refractivity contribution in [2.45, 2.75) is 57.3 Å². The average Bonchev–Trinajstić information content (AvgIpc) is 2.74. The summed E-state index contributed by atoms with van der Waals surface area (Å²) in [7, 11) is 1.71. The molecule has 3 aliphatic heterocycles. The molecular formula is C22H29F3N4O3. The summed E-state index contributed by atoms with van der Waals surface area (Å²) in [5.41, 5.74) is 0.895. The molecule has 0 saturated carbocycles. The lowest BCUT2D eigenvalue weighted by Gasteiger charge is -2.52. The van der Waals surface area contributed by atoms with E-state index >= 15 is 0 Å². The third kappa shape index (κ3) is 4.85. The number of benzene rings is 1. The summed E-state index contributed by atoms with van der Waals surface area (Å²) in [5.74, 6) is -0.668. The standard InChI is InChI=1S/C22H29F3N4O3/c1-14-11-18-19(26-12-14)29(21(31)20(30)27(18)2)16-7-9-28(10-8-16)13-15-3-5-17(6-4-15)32-22(23,24)25/h3-6,14,16,18-19,26H,7-13H2,1-2H3.